The zero-order valence-electron chi connectivity index (χ0n) is 10.7. The lowest BCUT2D eigenvalue weighted by Gasteiger charge is -2.38. The first-order valence-electron chi connectivity index (χ1n) is 6.53. The predicted octanol–water partition coefficient (Wildman–Crippen LogP) is 0.766. The number of urea groups is 1. The summed E-state index contributed by atoms with van der Waals surface area (Å²) in [4.78, 5) is 26.8. The summed E-state index contributed by atoms with van der Waals surface area (Å²) in [6.07, 6.45) is 2.16. The second-order valence-electron chi connectivity index (χ2n) is 4.80. The molecule has 0 aliphatic carbocycles. The summed E-state index contributed by atoms with van der Waals surface area (Å²) in [7, 11) is 0. The van der Waals surface area contributed by atoms with E-state index in [1.54, 1.807) is 4.90 Å². The van der Waals surface area contributed by atoms with Crippen LogP contribution in [0, 0.1) is 0 Å². The Morgan fingerprint density at radius 2 is 2.11 bits per heavy atom. The van der Waals surface area contributed by atoms with Crippen molar-refractivity contribution in [1.82, 2.24) is 9.80 Å². The van der Waals surface area contributed by atoms with Crippen molar-refractivity contribution >= 4 is 12.0 Å². The van der Waals surface area contributed by atoms with E-state index in [1.807, 2.05) is 6.92 Å². The third-order valence-electron chi connectivity index (χ3n) is 3.73. The lowest BCUT2D eigenvalue weighted by molar-refractivity contribution is -0.141. The summed E-state index contributed by atoms with van der Waals surface area (Å²) in [6.45, 7) is 4.20. The molecule has 6 heteroatoms. The molecule has 2 aliphatic heterocycles. The number of carbonyl (C=O) groups excluding carboxylic acids is 1. The molecule has 2 atom stereocenters. The SMILES string of the molecule is CCC1COCCN1C(=O)N1CCC[C@H]1C(=O)O. The lowest BCUT2D eigenvalue weighted by atomic mass is 10.2. The van der Waals surface area contributed by atoms with Gasteiger partial charge in [-0.1, -0.05) is 6.92 Å². The second-order valence-corrected chi connectivity index (χ2v) is 4.80. The van der Waals surface area contributed by atoms with Crippen molar-refractivity contribution in [2.75, 3.05) is 26.3 Å². The molecule has 0 aromatic carbocycles. The maximum Gasteiger partial charge on any atom is 0.326 e. The molecule has 0 saturated carbocycles. The number of morpholine rings is 1. The Hall–Kier alpha value is -1.30. The van der Waals surface area contributed by atoms with Crippen LogP contribution in [0.3, 0.4) is 0 Å². The highest BCUT2D eigenvalue weighted by molar-refractivity contribution is 5.83. The Morgan fingerprint density at radius 3 is 2.78 bits per heavy atom. The monoisotopic (exact) mass is 256 g/mol. The van der Waals surface area contributed by atoms with Gasteiger partial charge in [-0.05, 0) is 19.3 Å². The van der Waals surface area contributed by atoms with Crippen LogP contribution in [0.2, 0.25) is 0 Å². The molecule has 0 bridgehead atoms. The molecule has 0 spiro atoms. The molecule has 1 unspecified atom stereocenters. The minimum Gasteiger partial charge on any atom is -0.480 e. The van der Waals surface area contributed by atoms with Crippen LogP contribution in [0.15, 0.2) is 0 Å². The molecule has 0 radical (unpaired) electrons. The maximum atomic E-state index is 12.4. The van der Waals surface area contributed by atoms with E-state index in [2.05, 4.69) is 0 Å². The van der Waals surface area contributed by atoms with Crippen LogP contribution in [0.5, 0.6) is 0 Å². The fourth-order valence-electron chi connectivity index (χ4n) is 2.66. The molecule has 2 heterocycles. The fourth-order valence-corrected chi connectivity index (χ4v) is 2.66. The van der Waals surface area contributed by atoms with Gasteiger partial charge in [0.1, 0.15) is 6.04 Å². The van der Waals surface area contributed by atoms with Crippen molar-refractivity contribution in [1.29, 1.82) is 0 Å². The van der Waals surface area contributed by atoms with E-state index in [0.29, 0.717) is 32.7 Å². The zero-order valence-corrected chi connectivity index (χ0v) is 10.7. The Balaban J connectivity index is 2.07. The molecule has 102 valence electrons. The van der Waals surface area contributed by atoms with Crippen molar-refractivity contribution in [3.8, 4) is 0 Å². The van der Waals surface area contributed by atoms with Crippen molar-refractivity contribution in [3.05, 3.63) is 0 Å². The number of rotatable bonds is 2. The molecule has 2 amide bonds. The minimum absolute atomic E-state index is 0.0706. The highest BCUT2D eigenvalue weighted by Crippen LogP contribution is 2.22. The molecular weight excluding hydrogens is 236 g/mol. The van der Waals surface area contributed by atoms with Gasteiger partial charge in [0.25, 0.3) is 0 Å². The van der Waals surface area contributed by atoms with Crippen molar-refractivity contribution in [2.24, 2.45) is 0 Å². The molecule has 2 fully saturated rings. The summed E-state index contributed by atoms with van der Waals surface area (Å²) < 4.78 is 5.36. The lowest BCUT2D eigenvalue weighted by Crippen LogP contribution is -2.55. The van der Waals surface area contributed by atoms with E-state index in [1.165, 1.54) is 4.90 Å². The van der Waals surface area contributed by atoms with Gasteiger partial charge in [0.05, 0.1) is 19.3 Å². The topological polar surface area (TPSA) is 70.1 Å². The Bertz CT molecular complexity index is 334. The number of ether oxygens (including phenoxy) is 1. The van der Waals surface area contributed by atoms with Gasteiger partial charge in [-0.15, -0.1) is 0 Å². The molecule has 2 rings (SSSR count). The van der Waals surface area contributed by atoms with Crippen LogP contribution in [0.4, 0.5) is 4.79 Å². The number of nitrogens with zero attached hydrogens (tertiary/aromatic N) is 2. The number of likely N-dealkylation sites (tertiary alicyclic amines) is 1. The van der Waals surface area contributed by atoms with Gasteiger partial charge in [0.2, 0.25) is 0 Å². The maximum absolute atomic E-state index is 12.4. The zero-order chi connectivity index (χ0) is 13.1. The number of hydrogen-bond acceptors (Lipinski definition) is 3. The molecule has 2 saturated heterocycles. The first kappa shape index (κ1) is 13.1. The quantitative estimate of drug-likeness (QED) is 0.792. The van der Waals surface area contributed by atoms with Gasteiger partial charge in [0, 0.05) is 13.1 Å². The number of carbonyl (C=O) groups is 2. The Kier molecular flexibility index (Phi) is 4.06. The molecular formula is C12H20N2O4. The normalized spacial score (nSPS) is 28.5. The third kappa shape index (κ3) is 2.43. The second kappa shape index (κ2) is 5.56. The average Bonchev–Trinajstić information content (AvgIpc) is 2.87. The summed E-state index contributed by atoms with van der Waals surface area (Å²) in [5, 5.41) is 9.12. The predicted molar refractivity (Wildman–Crippen MR) is 64.4 cm³/mol. The molecule has 1 N–H and O–H groups in total. The van der Waals surface area contributed by atoms with Gasteiger partial charge in [0.15, 0.2) is 0 Å². The van der Waals surface area contributed by atoms with E-state index in [4.69, 9.17) is 9.84 Å². The first-order chi connectivity index (χ1) is 8.65. The van der Waals surface area contributed by atoms with Gasteiger partial charge >= 0.3 is 12.0 Å². The van der Waals surface area contributed by atoms with Crippen molar-refractivity contribution in [2.45, 2.75) is 38.3 Å². The molecule has 2 aliphatic rings. The van der Waals surface area contributed by atoms with Crippen molar-refractivity contribution in [3.63, 3.8) is 0 Å². The van der Waals surface area contributed by atoms with E-state index in [-0.39, 0.29) is 12.1 Å². The third-order valence-corrected chi connectivity index (χ3v) is 3.73. The number of amides is 2. The molecule has 18 heavy (non-hydrogen) atoms. The van der Waals surface area contributed by atoms with Crippen LogP contribution in [-0.4, -0.2) is 65.3 Å². The van der Waals surface area contributed by atoms with Crippen LogP contribution < -0.4 is 0 Å². The number of aliphatic carboxylic acids is 1. The summed E-state index contributed by atoms with van der Waals surface area (Å²) in [5.74, 6) is -0.901. The molecule has 6 nitrogen and oxygen atoms in total. The summed E-state index contributed by atoms with van der Waals surface area (Å²) in [6, 6.07) is -0.728. The number of carboxylic acids is 1. The first-order valence-corrected chi connectivity index (χ1v) is 6.53. The van der Waals surface area contributed by atoms with Gasteiger partial charge in [-0.3, -0.25) is 0 Å². The van der Waals surface area contributed by atoms with Crippen LogP contribution >= 0.6 is 0 Å². The van der Waals surface area contributed by atoms with Crippen LogP contribution in [-0.2, 0) is 9.53 Å². The highest BCUT2D eigenvalue weighted by Gasteiger charge is 2.38. The van der Waals surface area contributed by atoms with E-state index < -0.39 is 12.0 Å². The van der Waals surface area contributed by atoms with E-state index in [0.717, 1.165) is 12.8 Å². The Labute approximate surface area is 106 Å². The molecule has 0 aromatic heterocycles. The minimum atomic E-state index is -0.901. The van der Waals surface area contributed by atoms with E-state index >= 15 is 0 Å². The van der Waals surface area contributed by atoms with Crippen LogP contribution in [0.1, 0.15) is 26.2 Å². The fraction of sp³-hybridized carbons (Fsp3) is 0.833. The number of carboxylic acid groups (broad SMARTS) is 1. The smallest absolute Gasteiger partial charge is 0.326 e. The summed E-state index contributed by atoms with van der Waals surface area (Å²) >= 11 is 0. The average molecular weight is 256 g/mol. The largest absolute Gasteiger partial charge is 0.480 e. The molecule has 0 aromatic rings. The van der Waals surface area contributed by atoms with Crippen LogP contribution in [0.25, 0.3) is 0 Å². The van der Waals surface area contributed by atoms with Crippen molar-refractivity contribution < 1.29 is 19.4 Å². The standard InChI is InChI=1S/C12H20N2O4/c1-2-9-8-18-7-6-13(9)12(17)14-5-3-4-10(14)11(15)16/h9-10H,2-8H2,1H3,(H,15,16)/t9?,10-/m0/s1. The van der Waals surface area contributed by atoms with E-state index in [9.17, 15) is 9.59 Å². The van der Waals surface area contributed by atoms with Gasteiger partial charge in [-0.25, -0.2) is 9.59 Å². The summed E-state index contributed by atoms with van der Waals surface area (Å²) in [5.41, 5.74) is 0. The Morgan fingerprint density at radius 1 is 1.33 bits per heavy atom. The highest BCUT2D eigenvalue weighted by atomic mass is 16.5. The van der Waals surface area contributed by atoms with Gasteiger partial charge in [-0.2, -0.15) is 0 Å². The number of hydrogen-bond donors (Lipinski definition) is 1. The van der Waals surface area contributed by atoms with Gasteiger partial charge < -0.3 is 19.6 Å².